The summed E-state index contributed by atoms with van der Waals surface area (Å²) in [5.41, 5.74) is 1.26. The summed E-state index contributed by atoms with van der Waals surface area (Å²) in [5, 5.41) is 2.90. The fourth-order valence-corrected chi connectivity index (χ4v) is 5.73. The third kappa shape index (κ3) is 8.08. The maximum Gasteiger partial charge on any atom is 0.264 e. The van der Waals surface area contributed by atoms with Gasteiger partial charge in [0.05, 0.1) is 17.2 Å². The Kier molecular flexibility index (Phi) is 11.6. The van der Waals surface area contributed by atoms with Crippen molar-refractivity contribution in [1.82, 2.24) is 10.2 Å². The molecule has 0 radical (unpaired) electrons. The van der Waals surface area contributed by atoms with Crippen LogP contribution in [0.4, 0.5) is 5.69 Å². The highest BCUT2D eigenvalue weighted by atomic mass is 32.2. The Morgan fingerprint density at radius 2 is 1.52 bits per heavy atom. The van der Waals surface area contributed by atoms with Gasteiger partial charge in [-0.25, -0.2) is 8.42 Å². The SMILES string of the molecule is CCCCNC(=O)[C@@H](C)N(CCc1ccccc1)C(=O)CN(c1ccccc1OCC)S(=O)(=O)c1ccccc1. The van der Waals surface area contributed by atoms with Gasteiger partial charge in [0.15, 0.2) is 0 Å². The summed E-state index contributed by atoms with van der Waals surface area (Å²) < 4.78 is 34.7. The van der Waals surface area contributed by atoms with Gasteiger partial charge in [-0.1, -0.05) is 74.0 Å². The third-order valence-electron chi connectivity index (χ3n) is 6.52. The summed E-state index contributed by atoms with van der Waals surface area (Å²) in [7, 11) is -4.15. The summed E-state index contributed by atoms with van der Waals surface area (Å²) >= 11 is 0. The average molecular weight is 566 g/mol. The normalized spacial score (nSPS) is 11.9. The minimum absolute atomic E-state index is 0.0512. The van der Waals surface area contributed by atoms with Crippen molar-refractivity contribution in [1.29, 1.82) is 0 Å². The molecule has 214 valence electrons. The molecule has 3 rings (SSSR count). The van der Waals surface area contributed by atoms with E-state index in [9.17, 15) is 18.0 Å². The van der Waals surface area contributed by atoms with Gasteiger partial charge in [0.1, 0.15) is 18.3 Å². The van der Waals surface area contributed by atoms with Gasteiger partial charge in [0, 0.05) is 13.1 Å². The molecule has 8 nitrogen and oxygen atoms in total. The van der Waals surface area contributed by atoms with Crippen molar-refractivity contribution >= 4 is 27.5 Å². The van der Waals surface area contributed by atoms with E-state index in [1.807, 2.05) is 44.2 Å². The van der Waals surface area contributed by atoms with Gasteiger partial charge in [0.2, 0.25) is 11.8 Å². The van der Waals surface area contributed by atoms with Crippen LogP contribution in [0, 0.1) is 0 Å². The largest absolute Gasteiger partial charge is 0.492 e. The Labute approximate surface area is 238 Å². The zero-order chi connectivity index (χ0) is 29.0. The number of hydrogen-bond donors (Lipinski definition) is 1. The fraction of sp³-hybridized carbons (Fsp3) is 0.355. The Morgan fingerprint density at radius 3 is 2.17 bits per heavy atom. The molecule has 1 atom stereocenters. The van der Waals surface area contributed by atoms with E-state index in [2.05, 4.69) is 5.32 Å². The lowest BCUT2D eigenvalue weighted by molar-refractivity contribution is -0.138. The van der Waals surface area contributed by atoms with Crippen LogP contribution >= 0.6 is 0 Å². The van der Waals surface area contributed by atoms with E-state index < -0.39 is 28.5 Å². The molecule has 0 bridgehead atoms. The fourth-order valence-electron chi connectivity index (χ4n) is 4.28. The minimum Gasteiger partial charge on any atom is -0.492 e. The molecule has 1 N–H and O–H groups in total. The van der Waals surface area contributed by atoms with E-state index in [-0.39, 0.29) is 23.0 Å². The number of amides is 2. The van der Waals surface area contributed by atoms with E-state index in [1.54, 1.807) is 49.4 Å². The van der Waals surface area contributed by atoms with Crippen molar-refractivity contribution in [3.05, 3.63) is 90.5 Å². The number of unbranched alkanes of at least 4 members (excludes halogenated alkanes) is 1. The van der Waals surface area contributed by atoms with Crippen molar-refractivity contribution in [2.75, 3.05) is 30.5 Å². The molecule has 9 heteroatoms. The summed E-state index contributed by atoms with van der Waals surface area (Å²) in [5.74, 6) is -0.416. The molecule has 0 unspecified atom stereocenters. The van der Waals surface area contributed by atoms with Crippen molar-refractivity contribution in [3.8, 4) is 5.75 Å². The first-order valence-corrected chi connectivity index (χ1v) is 15.1. The van der Waals surface area contributed by atoms with Gasteiger partial charge in [-0.2, -0.15) is 0 Å². The first-order valence-electron chi connectivity index (χ1n) is 13.7. The van der Waals surface area contributed by atoms with Gasteiger partial charge in [0.25, 0.3) is 10.0 Å². The quantitative estimate of drug-likeness (QED) is 0.271. The molecule has 0 saturated heterocycles. The number of para-hydroxylation sites is 2. The van der Waals surface area contributed by atoms with Gasteiger partial charge >= 0.3 is 0 Å². The minimum atomic E-state index is -4.15. The zero-order valence-corrected chi connectivity index (χ0v) is 24.3. The molecule has 0 aromatic heterocycles. The topological polar surface area (TPSA) is 96.0 Å². The molecule has 0 spiro atoms. The number of benzene rings is 3. The molecule has 40 heavy (non-hydrogen) atoms. The van der Waals surface area contributed by atoms with Gasteiger partial charge < -0.3 is 15.0 Å². The highest BCUT2D eigenvalue weighted by molar-refractivity contribution is 7.92. The lowest BCUT2D eigenvalue weighted by atomic mass is 10.1. The second kappa shape index (κ2) is 15.1. The maximum absolute atomic E-state index is 14.0. The van der Waals surface area contributed by atoms with Crippen LogP contribution in [0.5, 0.6) is 5.75 Å². The van der Waals surface area contributed by atoms with Crippen LogP contribution < -0.4 is 14.4 Å². The van der Waals surface area contributed by atoms with E-state index in [1.165, 1.54) is 17.0 Å². The molecule has 0 saturated carbocycles. The van der Waals surface area contributed by atoms with Crippen LogP contribution in [0.15, 0.2) is 89.8 Å². The smallest absolute Gasteiger partial charge is 0.264 e. The van der Waals surface area contributed by atoms with E-state index in [4.69, 9.17) is 4.74 Å². The van der Waals surface area contributed by atoms with Gasteiger partial charge in [-0.05, 0) is 56.5 Å². The molecule has 0 heterocycles. The van der Waals surface area contributed by atoms with Crippen LogP contribution in [0.1, 0.15) is 39.2 Å². The van der Waals surface area contributed by atoms with E-state index in [0.717, 1.165) is 22.7 Å². The number of hydrogen-bond acceptors (Lipinski definition) is 5. The van der Waals surface area contributed by atoms with Gasteiger partial charge in [-0.15, -0.1) is 0 Å². The summed E-state index contributed by atoms with van der Waals surface area (Å²) in [6, 6.07) is 23.6. The Morgan fingerprint density at radius 1 is 0.900 bits per heavy atom. The van der Waals surface area contributed by atoms with Crippen LogP contribution in [0.3, 0.4) is 0 Å². The molecule has 0 aliphatic heterocycles. The maximum atomic E-state index is 14.0. The highest BCUT2D eigenvalue weighted by Gasteiger charge is 2.33. The monoisotopic (exact) mass is 565 g/mol. The predicted octanol–water partition coefficient (Wildman–Crippen LogP) is 4.66. The van der Waals surface area contributed by atoms with Crippen molar-refractivity contribution < 1.29 is 22.7 Å². The van der Waals surface area contributed by atoms with Crippen LogP contribution in [-0.4, -0.2) is 57.4 Å². The third-order valence-corrected chi connectivity index (χ3v) is 8.30. The average Bonchev–Trinajstić information content (AvgIpc) is 2.97. The second-order valence-corrected chi connectivity index (χ2v) is 11.2. The summed E-state index contributed by atoms with van der Waals surface area (Å²) in [6.45, 7) is 6.10. The number of sulfonamides is 1. The zero-order valence-electron chi connectivity index (χ0n) is 23.5. The molecule has 3 aromatic rings. The number of carbonyl (C=O) groups excluding carboxylic acids is 2. The Balaban J connectivity index is 1.98. The molecular weight excluding hydrogens is 526 g/mol. The van der Waals surface area contributed by atoms with Crippen LogP contribution in [0.25, 0.3) is 0 Å². The molecular formula is C31H39N3O5S. The highest BCUT2D eigenvalue weighted by Crippen LogP contribution is 2.32. The lowest BCUT2D eigenvalue weighted by Crippen LogP contribution is -2.52. The number of carbonyl (C=O) groups is 2. The lowest BCUT2D eigenvalue weighted by Gasteiger charge is -2.32. The molecule has 3 aromatic carbocycles. The first kappa shape index (κ1) is 30.7. The van der Waals surface area contributed by atoms with E-state index in [0.29, 0.717) is 25.3 Å². The van der Waals surface area contributed by atoms with Crippen molar-refractivity contribution in [2.45, 2.75) is 51.0 Å². The standard InChI is InChI=1S/C31H39N3O5S/c1-4-6-22-32-31(36)25(3)33(23-21-26-15-9-7-10-16-26)30(35)24-34(28-19-13-14-20-29(28)39-5-2)40(37,38)27-17-11-8-12-18-27/h7-20,25H,4-6,21-24H2,1-3H3,(H,32,36)/t25-/m1/s1. The predicted molar refractivity (Wildman–Crippen MR) is 158 cm³/mol. The number of rotatable bonds is 15. The van der Waals surface area contributed by atoms with Crippen LogP contribution in [0.2, 0.25) is 0 Å². The molecule has 0 aliphatic rings. The molecule has 2 amide bonds. The number of nitrogens with one attached hydrogen (secondary N) is 1. The Hall–Kier alpha value is -3.85. The number of anilines is 1. The number of ether oxygens (including phenoxy) is 1. The molecule has 0 aliphatic carbocycles. The van der Waals surface area contributed by atoms with Gasteiger partial charge in [-0.3, -0.25) is 13.9 Å². The van der Waals surface area contributed by atoms with Crippen LogP contribution in [-0.2, 0) is 26.0 Å². The van der Waals surface area contributed by atoms with E-state index >= 15 is 0 Å². The molecule has 0 fully saturated rings. The Bertz CT molecular complexity index is 1330. The first-order chi connectivity index (χ1) is 19.3. The summed E-state index contributed by atoms with van der Waals surface area (Å²) in [6.07, 6.45) is 2.27. The summed E-state index contributed by atoms with van der Waals surface area (Å²) in [4.78, 5) is 28.5. The van der Waals surface area contributed by atoms with Crippen molar-refractivity contribution in [3.63, 3.8) is 0 Å². The number of nitrogens with zero attached hydrogens (tertiary/aromatic N) is 2. The second-order valence-electron chi connectivity index (χ2n) is 9.37. The van der Waals surface area contributed by atoms with Crippen molar-refractivity contribution in [2.24, 2.45) is 0 Å².